The van der Waals surface area contributed by atoms with Gasteiger partial charge in [0.2, 0.25) is 10.0 Å². The molecular weight excluding hydrogens is 306 g/mol. The zero-order chi connectivity index (χ0) is 15.8. The quantitative estimate of drug-likeness (QED) is 0.656. The van der Waals surface area contributed by atoms with Gasteiger partial charge in [-0.1, -0.05) is 0 Å². The van der Waals surface area contributed by atoms with Crippen molar-refractivity contribution in [2.24, 2.45) is 5.84 Å². The van der Waals surface area contributed by atoms with Gasteiger partial charge in [-0.15, -0.1) is 0 Å². The fraction of sp³-hybridized carbons (Fsp3) is 0.571. The molecule has 5 nitrogen and oxygen atoms in total. The summed E-state index contributed by atoms with van der Waals surface area (Å²) in [6, 6.07) is 3.54. The van der Waals surface area contributed by atoms with Crippen molar-refractivity contribution in [2.75, 3.05) is 24.3 Å². The molecule has 1 aliphatic rings. The van der Waals surface area contributed by atoms with Gasteiger partial charge in [0, 0.05) is 29.3 Å². The van der Waals surface area contributed by atoms with E-state index in [1.807, 2.05) is 25.6 Å². The van der Waals surface area contributed by atoms with Crippen LogP contribution in [0.3, 0.4) is 0 Å². The van der Waals surface area contributed by atoms with Crippen LogP contribution in [-0.2, 0) is 10.0 Å². The van der Waals surface area contributed by atoms with E-state index in [0.29, 0.717) is 18.0 Å². The van der Waals surface area contributed by atoms with Crippen molar-refractivity contribution in [1.29, 1.82) is 0 Å². The van der Waals surface area contributed by atoms with E-state index in [0.717, 1.165) is 22.6 Å². The summed E-state index contributed by atoms with van der Waals surface area (Å²) in [6.07, 6.45) is 0. The molecule has 1 aromatic carbocycles. The Balaban J connectivity index is 2.45. The molecule has 0 aromatic heterocycles. The third-order valence-electron chi connectivity index (χ3n) is 3.62. The maximum atomic E-state index is 13.0. The molecule has 0 saturated carbocycles. The zero-order valence-electron chi connectivity index (χ0n) is 12.9. The van der Waals surface area contributed by atoms with Crippen molar-refractivity contribution in [2.45, 2.75) is 37.3 Å². The van der Waals surface area contributed by atoms with Gasteiger partial charge in [0.25, 0.3) is 0 Å². The van der Waals surface area contributed by atoms with Gasteiger partial charge in [-0.2, -0.15) is 16.1 Å². The van der Waals surface area contributed by atoms with Gasteiger partial charge in [-0.05, 0) is 51.0 Å². The number of hydrazine groups is 1. The fourth-order valence-corrected chi connectivity index (χ4v) is 6.07. The Morgan fingerprint density at radius 1 is 1.29 bits per heavy atom. The van der Waals surface area contributed by atoms with E-state index in [4.69, 9.17) is 5.84 Å². The van der Waals surface area contributed by atoms with Crippen LogP contribution in [0.4, 0.5) is 5.69 Å². The van der Waals surface area contributed by atoms with Crippen LogP contribution in [0, 0.1) is 13.8 Å². The molecule has 1 fully saturated rings. The van der Waals surface area contributed by atoms with Crippen LogP contribution in [0.2, 0.25) is 0 Å². The van der Waals surface area contributed by atoms with Crippen LogP contribution in [0.5, 0.6) is 0 Å². The van der Waals surface area contributed by atoms with Crippen molar-refractivity contribution in [3.05, 3.63) is 23.3 Å². The van der Waals surface area contributed by atoms with Crippen LogP contribution in [0.25, 0.3) is 0 Å². The highest BCUT2D eigenvalue weighted by atomic mass is 32.2. The third kappa shape index (κ3) is 3.36. The van der Waals surface area contributed by atoms with E-state index in [1.165, 1.54) is 0 Å². The second-order valence-electron chi connectivity index (χ2n) is 6.03. The lowest BCUT2D eigenvalue weighted by molar-refractivity contribution is 0.387. The molecule has 2 rings (SSSR count). The van der Waals surface area contributed by atoms with E-state index >= 15 is 0 Å². The number of aryl methyl sites for hydroxylation is 2. The number of sulfonamides is 1. The topological polar surface area (TPSA) is 75.4 Å². The number of rotatable bonds is 3. The van der Waals surface area contributed by atoms with E-state index < -0.39 is 10.0 Å². The summed E-state index contributed by atoms with van der Waals surface area (Å²) in [4.78, 5) is 0.407. The number of benzene rings is 1. The first kappa shape index (κ1) is 16.6. The molecular formula is C14H23N3O2S2. The van der Waals surface area contributed by atoms with Crippen LogP contribution in [-0.4, -0.2) is 36.3 Å². The van der Waals surface area contributed by atoms with Gasteiger partial charge in [-0.25, -0.2) is 8.42 Å². The fourth-order valence-electron chi connectivity index (χ4n) is 2.75. The lowest BCUT2D eigenvalue weighted by Gasteiger charge is -2.37. The third-order valence-corrected chi connectivity index (χ3v) is 7.06. The number of nitrogen functional groups attached to an aromatic ring is 1. The van der Waals surface area contributed by atoms with Crippen molar-refractivity contribution < 1.29 is 8.42 Å². The predicted octanol–water partition coefficient (Wildman–Crippen LogP) is 2.11. The van der Waals surface area contributed by atoms with Crippen LogP contribution >= 0.6 is 11.8 Å². The van der Waals surface area contributed by atoms with Gasteiger partial charge in [0.05, 0.1) is 4.90 Å². The van der Waals surface area contributed by atoms with Gasteiger partial charge in [0.15, 0.2) is 0 Å². The van der Waals surface area contributed by atoms with Crippen molar-refractivity contribution in [3.8, 4) is 0 Å². The molecule has 0 amide bonds. The van der Waals surface area contributed by atoms with Gasteiger partial charge >= 0.3 is 0 Å². The van der Waals surface area contributed by atoms with Gasteiger partial charge < -0.3 is 5.43 Å². The van der Waals surface area contributed by atoms with E-state index in [2.05, 4.69) is 19.3 Å². The number of nitrogens with zero attached hydrogens (tertiary/aromatic N) is 1. The van der Waals surface area contributed by atoms with Gasteiger partial charge in [0.1, 0.15) is 0 Å². The van der Waals surface area contributed by atoms with E-state index in [-0.39, 0.29) is 4.75 Å². The standard InChI is InChI=1S/C14H23N3O2S2/c1-10-7-12(16-15)8-11(2)13(10)21(18,19)17-5-6-20-14(3,4)9-17/h7-8,16H,5-6,9,15H2,1-4H3. The highest BCUT2D eigenvalue weighted by Crippen LogP contribution is 2.34. The Hall–Kier alpha value is -0.760. The summed E-state index contributed by atoms with van der Waals surface area (Å²) in [5, 5.41) is 0. The Bertz CT molecular complexity index is 619. The van der Waals surface area contributed by atoms with Crippen molar-refractivity contribution in [3.63, 3.8) is 0 Å². The smallest absolute Gasteiger partial charge is 0.243 e. The maximum Gasteiger partial charge on any atom is 0.243 e. The highest BCUT2D eigenvalue weighted by molar-refractivity contribution is 8.00. The first-order chi connectivity index (χ1) is 9.67. The minimum Gasteiger partial charge on any atom is -0.324 e. The molecule has 1 saturated heterocycles. The molecule has 0 aliphatic carbocycles. The summed E-state index contributed by atoms with van der Waals surface area (Å²) >= 11 is 1.82. The lowest BCUT2D eigenvalue weighted by Crippen LogP contribution is -2.46. The Kier molecular flexibility index (Phi) is 4.58. The molecule has 3 N–H and O–H groups in total. The summed E-state index contributed by atoms with van der Waals surface area (Å²) in [5.41, 5.74) is 4.73. The van der Waals surface area contributed by atoms with Crippen molar-refractivity contribution in [1.82, 2.24) is 4.31 Å². The highest BCUT2D eigenvalue weighted by Gasteiger charge is 2.36. The molecule has 1 heterocycles. The summed E-state index contributed by atoms with van der Waals surface area (Å²) in [7, 11) is -3.47. The molecule has 0 bridgehead atoms. The van der Waals surface area contributed by atoms with Crippen molar-refractivity contribution >= 4 is 27.5 Å². The summed E-state index contributed by atoms with van der Waals surface area (Å²) < 4.78 is 27.5. The first-order valence-electron chi connectivity index (χ1n) is 6.89. The molecule has 1 aromatic rings. The normalized spacial score (nSPS) is 19.5. The SMILES string of the molecule is Cc1cc(NN)cc(C)c1S(=O)(=O)N1CCSC(C)(C)C1. The largest absolute Gasteiger partial charge is 0.324 e. The molecule has 21 heavy (non-hydrogen) atoms. The van der Waals surface area contributed by atoms with Crippen LogP contribution < -0.4 is 11.3 Å². The number of hydrogen-bond acceptors (Lipinski definition) is 5. The number of anilines is 1. The minimum atomic E-state index is -3.47. The Labute approximate surface area is 131 Å². The maximum absolute atomic E-state index is 13.0. The summed E-state index contributed by atoms with van der Waals surface area (Å²) in [6.45, 7) is 8.89. The molecule has 0 atom stereocenters. The van der Waals surface area contributed by atoms with Gasteiger partial charge in [-0.3, -0.25) is 5.84 Å². The Morgan fingerprint density at radius 3 is 2.33 bits per heavy atom. The first-order valence-corrected chi connectivity index (χ1v) is 9.32. The lowest BCUT2D eigenvalue weighted by atomic mass is 10.1. The number of nitrogens with one attached hydrogen (secondary N) is 1. The second-order valence-corrected chi connectivity index (χ2v) is 9.71. The molecule has 0 spiro atoms. The average Bonchev–Trinajstić information content (AvgIpc) is 2.36. The molecule has 1 aliphatic heterocycles. The Morgan fingerprint density at radius 2 is 1.86 bits per heavy atom. The molecule has 0 unspecified atom stereocenters. The molecule has 7 heteroatoms. The van der Waals surface area contributed by atoms with E-state index in [9.17, 15) is 8.42 Å². The second kappa shape index (κ2) is 5.79. The number of hydrogen-bond donors (Lipinski definition) is 2. The van der Waals surface area contributed by atoms with Crippen LogP contribution in [0.1, 0.15) is 25.0 Å². The van der Waals surface area contributed by atoms with Crippen LogP contribution in [0.15, 0.2) is 17.0 Å². The zero-order valence-corrected chi connectivity index (χ0v) is 14.6. The monoisotopic (exact) mass is 329 g/mol. The average molecular weight is 329 g/mol. The number of nitrogens with two attached hydrogens (primary N) is 1. The minimum absolute atomic E-state index is 0.0497. The van der Waals surface area contributed by atoms with E-state index in [1.54, 1.807) is 16.4 Å². The number of thioether (sulfide) groups is 1. The summed E-state index contributed by atoms with van der Waals surface area (Å²) in [5.74, 6) is 6.24. The predicted molar refractivity (Wildman–Crippen MR) is 89.0 cm³/mol. The molecule has 0 radical (unpaired) electrons. The molecule has 118 valence electrons.